The van der Waals surface area contributed by atoms with Crippen molar-refractivity contribution >= 4 is 5.78 Å². The molecule has 0 spiro atoms. The quantitative estimate of drug-likeness (QED) is 0.745. The number of Topliss-reactive ketones (excluding diaryl/α,β-unsaturated/α-hetero) is 1. The average molecular weight is 345 g/mol. The highest BCUT2D eigenvalue weighted by atomic mass is 19.1. The zero-order valence-electron chi connectivity index (χ0n) is 14.8. The maximum Gasteiger partial charge on any atom is 0.159 e. The second-order valence-corrected chi connectivity index (χ2v) is 6.22. The van der Waals surface area contributed by atoms with Crippen LogP contribution in [-0.4, -0.2) is 42.1 Å². The van der Waals surface area contributed by atoms with Crippen LogP contribution in [0.2, 0.25) is 0 Å². The summed E-state index contributed by atoms with van der Waals surface area (Å²) in [5, 5.41) is 10.2. The van der Waals surface area contributed by atoms with E-state index in [0.29, 0.717) is 17.9 Å². The average Bonchev–Trinajstić information content (AvgIpc) is 2.60. The predicted molar refractivity (Wildman–Crippen MR) is 95.4 cm³/mol. The third-order valence-electron chi connectivity index (χ3n) is 4.20. The van der Waals surface area contributed by atoms with Gasteiger partial charge in [0.05, 0.1) is 0 Å². The van der Waals surface area contributed by atoms with Gasteiger partial charge in [0, 0.05) is 18.2 Å². The molecule has 0 aromatic heterocycles. The number of rotatable bonds is 8. The van der Waals surface area contributed by atoms with Crippen LogP contribution >= 0.6 is 0 Å². The van der Waals surface area contributed by atoms with E-state index in [1.54, 1.807) is 36.4 Å². The number of benzene rings is 2. The number of aliphatic hydroxyl groups excluding tert-OH is 1. The Kier molecular flexibility index (Phi) is 6.67. The number of carbonyl (C=O) groups excluding carboxylic acids is 1. The van der Waals surface area contributed by atoms with Crippen LogP contribution in [0.4, 0.5) is 4.39 Å². The minimum absolute atomic E-state index is 0.0288. The molecule has 0 saturated carbocycles. The van der Waals surface area contributed by atoms with Crippen LogP contribution in [0.15, 0.2) is 48.5 Å². The second-order valence-electron chi connectivity index (χ2n) is 6.22. The summed E-state index contributed by atoms with van der Waals surface area (Å²) in [6, 6.07) is 13.3. The van der Waals surface area contributed by atoms with Gasteiger partial charge in [-0.2, -0.15) is 0 Å². The molecule has 0 aliphatic carbocycles. The third kappa shape index (κ3) is 5.66. The minimum Gasteiger partial charge on any atom is -0.491 e. The van der Waals surface area contributed by atoms with Gasteiger partial charge < -0.3 is 9.84 Å². The fourth-order valence-electron chi connectivity index (χ4n) is 2.54. The minimum atomic E-state index is -0.686. The van der Waals surface area contributed by atoms with Crippen LogP contribution in [0.5, 0.6) is 5.75 Å². The molecule has 4 nitrogen and oxygen atoms in total. The Balaban J connectivity index is 1.86. The largest absolute Gasteiger partial charge is 0.491 e. The van der Waals surface area contributed by atoms with E-state index in [4.69, 9.17) is 4.74 Å². The molecule has 0 radical (unpaired) electrons. The highest BCUT2D eigenvalue weighted by Crippen LogP contribution is 2.19. The molecule has 0 amide bonds. The Hall–Kier alpha value is -2.24. The molecule has 2 aromatic rings. The number of halogens is 1. The van der Waals surface area contributed by atoms with Gasteiger partial charge in [0.25, 0.3) is 0 Å². The number of ether oxygens (including phenoxy) is 1. The third-order valence-corrected chi connectivity index (χ3v) is 4.20. The van der Waals surface area contributed by atoms with Gasteiger partial charge >= 0.3 is 0 Å². The van der Waals surface area contributed by atoms with Crippen LogP contribution in [0.3, 0.4) is 0 Å². The van der Waals surface area contributed by atoms with Crippen molar-refractivity contribution in [3.05, 3.63) is 65.5 Å². The number of carbonyl (C=O) groups is 1. The summed E-state index contributed by atoms with van der Waals surface area (Å²) < 4.78 is 18.6. The van der Waals surface area contributed by atoms with Crippen molar-refractivity contribution < 1.29 is 19.0 Å². The number of nitrogens with zero attached hydrogens (tertiary/aromatic N) is 1. The maximum absolute atomic E-state index is 13.0. The Morgan fingerprint density at radius 1 is 1.24 bits per heavy atom. The summed E-state index contributed by atoms with van der Waals surface area (Å²) in [7, 11) is 1.90. The zero-order chi connectivity index (χ0) is 18.4. The molecule has 0 aliphatic heterocycles. The molecule has 0 fully saturated rings. The highest BCUT2D eigenvalue weighted by Gasteiger charge is 2.16. The summed E-state index contributed by atoms with van der Waals surface area (Å²) in [6.45, 7) is 4.03. The fraction of sp³-hybridized carbons (Fsp3) is 0.350. The summed E-state index contributed by atoms with van der Waals surface area (Å²) in [5.74, 6) is 0.264. The van der Waals surface area contributed by atoms with E-state index < -0.39 is 6.10 Å². The van der Waals surface area contributed by atoms with Crippen LogP contribution in [0.1, 0.15) is 35.8 Å². The van der Waals surface area contributed by atoms with Crippen LogP contribution in [0, 0.1) is 5.82 Å². The molecule has 0 heterocycles. The molecule has 25 heavy (non-hydrogen) atoms. The Morgan fingerprint density at radius 3 is 2.56 bits per heavy atom. The standard InChI is InChI=1S/C20H24FNO3/c1-14(16-7-9-18(21)10-8-16)22(3)12-19(24)13-25-20-6-4-5-17(11-20)15(2)23/h4-11,14,19,24H,12-13H2,1-3H3/t14-,19-/m1/s1. The molecular formula is C20H24FNO3. The topological polar surface area (TPSA) is 49.8 Å². The van der Waals surface area contributed by atoms with Crippen LogP contribution < -0.4 is 4.74 Å². The monoisotopic (exact) mass is 345 g/mol. The lowest BCUT2D eigenvalue weighted by Gasteiger charge is -2.27. The van der Waals surface area contributed by atoms with Gasteiger partial charge in [-0.15, -0.1) is 0 Å². The van der Waals surface area contributed by atoms with E-state index in [-0.39, 0.29) is 24.2 Å². The first-order chi connectivity index (χ1) is 11.9. The number of ketones is 1. The number of hydrogen-bond acceptors (Lipinski definition) is 4. The SMILES string of the molecule is CC(=O)c1cccc(OC[C@H](O)CN(C)[C@H](C)c2ccc(F)cc2)c1. The molecule has 0 unspecified atom stereocenters. The van der Waals surface area contributed by atoms with Crippen LogP contribution in [0.25, 0.3) is 0 Å². The molecule has 2 atom stereocenters. The molecule has 0 bridgehead atoms. The lowest BCUT2D eigenvalue weighted by molar-refractivity contribution is 0.0653. The van der Waals surface area contributed by atoms with Crippen molar-refractivity contribution in [3.63, 3.8) is 0 Å². The van der Waals surface area contributed by atoms with Crippen molar-refractivity contribution in [2.45, 2.75) is 26.0 Å². The number of likely N-dealkylation sites (N-methyl/N-ethyl adjacent to an activating group) is 1. The molecular weight excluding hydrogens is 321 g/mol. The normalized spacial score (nSPS) is 13.5. The van der Waals surface area contributed by atoms with E-state index in [9.17, 15) is 14.3 Å². The van der Waals surface area contributed by atoms with Gasteiger partial charge in [0.15, 0.2) is 5.78 Å². The Morgan fingerprint density at radius 2 is 1.92 bits per heavy atom. The van der Waals surface area contributed by atoms with Crippen molar-refractivity contribution in [2.75, 3.05) is 20.2 Å². The smallest absolute Gasteiger partial charge is 0.159 e. The van der Waals surface area contributed by atoms with Gasteiger partial charge in [0.1, 0.15) is 24.3 Å². The molecule has 2 aromatic carbocycles. The van der Waals surface area contributed by atoms with Crippen molar-refractivity contribution in [1.29, 1.82) is 0 Å². The molecule has 1 N–H and O–H groups in total. The zero-order valence-corrected chi connectivity index (χ0v) is 14.8. The van der Waals surface area contributed by atoms with E-state index in [1.165, 1.54) is 19.1 Å². The first-order valence-electron chi connectivity index (χ1n) is 8.24. The number of hydrogen-bond donors (Lipinski definition) is 1. The van der Waals surface area contributed by atoms with Gasteiger partial charge in [-0.25, -0.2) is 4.39 Å². The fourth-order valence-corrected chi connectivity index (χ4v) is 2.54. The van der Waals surface area contributed by atoms with Gasteiger partial charge in [0.2, 0.25) is 0 Å². The van der Waals surface area contributed by atoms with E-state index >= 15 is 0 Å². The Labute approximate surface area is 147 Å². The second kappa shape index (κ2) is 8.74. The first kappa shape index (κ1) is 19.1. The van der Waals surface area contributed by atoms with E-state index in [0.717, 1.165) is 5.56 Å². The molecule has 5 heteroatoms. The summed E-state index contributed by atoms with van der Waals surface area (Å²) in [5.41, 5.74) is 1.56. The van der Waals surface area contributed by atoms with Gasteiger partial charge in [-0.3, -0.25) is 9.69 Å². The first-order valence-corrected chi connectivity index (χ1v) is 8.24. The van der Waals surface area contributed by atoms with E-state index in [2.05, 4.69) is 0 Å². The molecule has 0 saturated heterocycles. The predicted octanol–water partition coefficient (Wildman–Crippen LogP) is 3.46. The van der Waals surface area contributed by atoms with Gasteiger partial charge in [-0.1, -0.05) is 24.3 Å². The summed E-state index contributed by atoms with van der Waals surface area (Å²) >= 11 is 0. The highest BCUT2D eigenvalue weighted by molar-refractivity contribution is 5.94. The van der Waals surface area contributed by atoms with Gasteiger partial charge in [-0.05, 0) is 50.7 Å². The van der Waals surface area contributed by atoms with Crippen molar-refractivity contribution in [1.82, 2.24) is 4.90 Å². The lowest BCUT2D eigenvalue weighted by Crippen LogP contribution is -2.34. The molecule has 2 rings (SSSR count). The van der Waals surface area contributed by atoms with E-state index in [1.807, 2.05) is 18.9 Å². The Bertz CT molecular complexity index is 702. The number of aliphatic hydroxyl groups is 1. The van der Waals surface area contributed by atoms with Crippen molar-refractivity contribution in [3.8, 4) is 5.75 Å². The van der Waals surface area contributed by atoms with Crippen molar-refractivity contribution in [2.24, 2.45) is 0 Å². The summed E-state index contributed by atoms with van der Waals surface area (Å²) in [6.07, 6.45) is -0.686. The van der Waals surface area contributed by atoms with Crippen LogP contribution in [-0.2, 0) is 0 Å². The lowest BCUT2D eigenvalue weighted by atomic mass is 10.1. The maximum atomic E-state index is 13.0. The molecule has 0 aliphatic rings. The summed E-state index contributed by atoms with van der Waals surface area (Å²) in [4.78, 5) is 13.4. The molecule has 134 valence electrons.